The Bertz CT molecular complexity index is 1330. The molecule has 4 rings (SSSR count). The topological polar surface area (TPSA) is 35.5 Å². The van der Waals surface area contributed by atoms with Crippen molar-refractivity contribution in [1.82, 2.24) is 9.62 Å². The summed E-state index contributed by atoms with van der Waals surface area (Å²) in [4.78, 5) is 0.982. The fraction of sp³-hybridized carbons (Fsp3) is 0.290. The van der Waals surface area contributed by atoms with Gasteiger partial charge in [-0.1, -0.05) is 54.6 Å². The molecule has 0 fully saturated rings. The molecule has 194 valence electrons. The summed E-state index contributed by atoms with van der Waals surface area (Å²) < 4.78 is 29.8. The Morgan fingerprint density at radius 2 is 1.54 bits per heavy atom. The van der Waals surface area contributed by atoms with Crippen LogP contribution in [0.4, 0.5) is 8.78 Å². The van der Waals surface area contributed by atoms with Crippen molar-refractivity contribution in [3.05, 3.63) is 102 Å². The molecular formula is C31H34F2N2OS. The maximum Gasteiger partial charge on any atom is 0.129 e. The van der Waals surface area contributed by atoms with E-state index in [2.05, 4.69) is 61.6 Å². The minimum Gasteiger partial charge on any atom is -0.390 e. The van der Waals surface area contributed by atoms with E-state index in [0.717, 1.165) is 16.9 Å². The van der Waals surface area contributed by atoms with E-state index in [4.69, 9.17) is 0 Å². The van der Waals surface area contributed by atoms with Crippen LogP contribution in [0.3, 0.4) is 0 Å². The molecule has 1 atom stereocenters. The van der Waals surface area contributed by atoms with Gasteiger partial charge in [0.15, 0.2) is 0 Å². The summed E-state index contributed by atoms with van der Waals surface area (Å²) in [6, 6.07) is 25.2. The highest BCUT2D eigenvalue weighted by atomic mass is 32.2. The van der Waals surface area contributed by atoms with Crippen molar-refractivity contribution < 1.29 is 13.9 Å². The number of rotatable bonds is 10. The molecule has 4 aromatic rings. The highest BCUT2D eigenvalue weighted by molar-refractivity contribution is 7.97. The van der Waals surface area contributed by atoms with Crippen molar-refractivity contribution >= 4 is 22.7 Å². The molecule has 0 saturated heterocycles. The Kier molecular flexibility index (Phi) is 8.65. The summed E-state index contributed by atoms with van der Waals surface area (Å²) in [5.41, 5.74) is 2.39. The Morgan fingerprint density at radius 3 is 2.22 bits per heavy atom. The Balaban J connectivity index is 1.27. The summed E-state index contributed by atoms with van der Waals surface area (Å²) in [6.07, 6.45) is 0.321. The van der Waals surface area contributed by atoms with E-state index in [9.17, 15) is 13.9 Å². The van der Waals surface area contributed by atoms with E-state index in [-0.39, 0.29) is 11.1 Å². The number of benzene rings is 4. The first-order valence-corrected chi connectivity index (χ1v) is 13.2. The van der Waals surface area contributed by atoms with Gasteiger partial charge in [-0.25, -0.2) is 13.1 Å². The lowest BCUT2D eigenvalue weighted by Gasteiger charge is -2.29. The highest BCUT2D eigenvalue weighted by Gasteiger charge is 2.20. The van der Waals surface area contributed by atoms with Crippen molar-refractivity contribution in [3.8, 4) is 11.1 Å². The first-order valence-electron chi connectivity index (χ1n) is 12.5. The number of aliphatic hydroxyl groups is 1. The molecule has 0 aliphatic rings. The normalized spacial score (nSPS) is 12.9. The molecule has 4 aromatic carbocycles. The fourth-order valence-corrected chi connectivity index (χ4v) is 5.28. The molecule has 3 nitrogen and oxygen atoms in total. The second-order valence-corrected chi connectivity index (χ2v) is 11.5. The lowest BCUT2D eigenvalue weighted by Crippen LogP contribution is -2.46. The second kappa shape index (κ2) is 11.7. The maximum atomic E-state index is 13.9. The molecule has 0 amide bonds. The first kappa shape index (κ1) is 27.3. The van der Waals surface area contributed by atoms with Crippen molar-refractivity contribution in [3.63, 3.8) is 0 Å². The van der Waals surface area contributed by atoms with Gasteiger partial charge < -0.3 is 10.4 Å². The number of β-amino-alcohol motifs (C(OH)–C–C–N with tert-alkyl or cyclic N) is 1. The van der Waals surface area contributed by atoms with Crippen molar-refractivity contribution in [2.24, 2.45) is 0 Å². The molecule has 0 aromatic heterocycles. The van der Waals surface area contributed by atoms with Gasteiger partial charge in [-0.3, -0.25) is 0 Å². The van der Waals surface area contributed by atoms with E-state index < -0.39 is 17.7 Å². The van der Waals surface area contributed by atoms with Crippen molar-refractivity contribution in [2.45, 2.75) is 43.7 Å². The molecule has 0 bridgehead atoms. The zero-order valence-corrected chi connectivity index (χ0v) is 22.6. The number of nitrogens with one attached hydrogen (secondary N) is 1. The first-order chi connectivity index (χ1) is 17.6. The molecule has 37 heavy (non-hydrogen) atoms. The molecule has 6 heteroatoms. The molecule has 0 radical (unpaired) electrons. The summed E-state index contributed by atoms with van der Waals surface area (Å²) in [7, 11) is 1.94. The SMILES string of the molecule is Cc1c(F)cc(-c2ccc(SN(C)CC(O)CNC(C)(C)Cc3ccc4ccccc4c3)cc2)cc1F. The van der Waals surface area contributed by atoms with Crippen LogP contribution in [0.1, 0.15) is 25.0 Å². The predicted octanol–water partition coefficient (Wildman–Crippen LogP) is 7.00. The van der Waals surface area contributed by atoms with Gasteiger partial charge in [-0.05, 0) is 97.9 Å². The molecule has 1 unspecified atom stereocenters. The van der Waals surface area contributed by atoms with Crippen molar-refractivity contribution in [2.75, 3.05) is 20.1 Å². The van der Waals surface area contributed by atoms with Crippen LogP contribution in [-0.2, 0) is 6.42 Å². The molecule has 0 aliphatic heterocycles. The van der Waals surface area contributed by atoms with Gasteiger partial charge in [0.25, 0.3) is 0 Å². The Labute approximate surface area is 222 Å². The Hall–Kier alpha value is -2.77. The number of hydrogen-bond acceptors (Lipinski definition) is 4. The van der Waals surface area contributed by atoms with Gasteiger partial charge in [0, 0.05) is 29.1 Å². The average Bonchev–Trinajstić information content (AvgIpc) is 2.86. The van der Waals surface area contributed by atoms with Crippen LogP contribution in [0.2, 0.25) is 0 Å². The predicted molar refractivity (Wildman–Crippen MR) is 151 cm³/mol. The number of hydrogen-bond donors (Lipinski definition) is 2. The second-order valence-electron chi connectivity index (χ2n) is 10.3. The summed E-state index contributed by atoms with van der Waals surface area (Å²) in [5, 5.41) is 16.6. The summed E-state index contributed by atoms with van der Waals surface area (Å²) in [5.74, 6) is -1.09. The van der Waals surface area contributed by atoms with Crippen LogP contribution in [-0.4, -0.2) is 41.2 Å². The third-order valence-corrected chi connectivity index (χ3v) is 7.42. The van der Waals surface area contributed by atoms with E-state index in [0.29, 0.717) is 18.7 Å². The van der Waals surface area contributed by atoms with Crippen LogP contribution in [0.5, 0.6) is 0 Å². The number of aliphatic hydroxyl groups excluding tert-OH is 1. The minimum absolute atomic E-state index is 0.0303. The fourth-order valence-electron chi connectivity index (χ4n) is 4.41. The third-order valence-electron chi connectivity index (χ3n) is 6.47. The standard InChI is InChI=1S/C31H34F2N2OS/c1-21-29(32)16-26(17-30(21)33)24-11-13-28(14-12-24)37-35(4)20-27(36)19-34-31(2,3)18-22-9-10-23-7-5-6-8-25(23)15-22/h5-17,27,34,36H,18-20H2,1-4H3. The number of halogens is 2. The van der Waals surface area contributed by atoms with Gasteiger partial charge in [0.05, 0.1) is 6.10 Å². The lowest BCUT2D eigenvalue weighted by atomic mass is 9.93. The van der Waals surface area contributed by atoms with Gasteiger partial charge in [-0.2, -0.15) is 0 Å². The summed E-state index contributed by atoms with van der Waals surface area (Å²) in [6.45, 7) is 6.70. The van der Waals surface area contributed by atoms with E-state index in [1.807, 2.05) is 35.6 Å². The van der Waals surface area contributed by atoms with E-state index >= 15 is 0 Å². The highest BCUT2D eigenvalue weighted by Crippen LogP contribution is 2.28. The minimum atomic E-state index is -0.545. The average molecular weight is 521 g/mol. The van der Waals surface area contributed by atoms with Gasteiger partial charge in [0.1, 0.15) is 11.6 Å². The zero-order valence-electron chi connectivity index (χ0n) is 21.8. The van der Waals surface area contributed by atoms with E-state index in [1.54, 1.807) is 0 Å². The van der Waals surface area contributed by atoms with Gasteiger partial charge in [-0.15, -0.1) is 0 Å². The molecule has 0 aliphatic carbocycles. The number of likely N-dealkylation sites (N-methyl/N-ethyl adjacent to an activating group) is 1. The van der Waals surface area contributed by atoms with Crippen molar-refractivity contribution in [1.29, 1.82) is 0 Å². The maximum absolute atomic E-state index is 13.9. The molecule has 0 spiro atoms. The molecule has 2 N–H and O–H groups in total. The zero-order chi connectivity index (χ0) is 26.6. The summed E-state index contributed by atoms with van der Waals surface area (Å²) >= 11 is 1.52. The van der Waals surface area contributed by atoms with Crippen LogP contribution < -0.4 is 5.32 Å². The molecule has 0 saturated carbocycles. The quantitative estimate of drug-likeness (QED) is 0.221. The number of fused-ring (bicyclic) bond motifs is 1. The molecular weight excluding hydrogens is 486 g/mol. The van der Waals surface area contributed by atoms with Crippen LogP contribution in [0, 0.1) is 18.6 Å². The largest absolute Gasteiger partial charge is 0.390 e. The molecule has 0 heterocycles. The number of nitrogens with zero attached hydrogens (tertiary/aromatic N) is 1. The monoisotopic (exact) mass is 520 g/mol. The van der Waals surface area contributed by atoms with Gasteiger partial charge >= 0.3 is 0 Å². The van der Waals surface area contributed by atoms with Gasteiger partial charge in [0.2, 0.25) is 0 Å². The third kappa shape index (κ3) is 7.39. The smallest absolute Gasteiger partial charge is 0.129 e. The van der Waals surface area contributed by atoms with E-state index in [1.165, 1.54) is 47.3 Å². The van der Waals surface area contributed by atoms with Crippen LogP contribution in [0.25, 0.3) is 21.9 Å². The lowest BCUT2D eigenvalue weighted by molar-refractivity contribution is 0.142. The van der Waals surface area contributed by atoms with Crippen LogP contribution >= 0.6 is 11.9 Å². The van der Waals surface area contributed by atoms with Crippen LogP contribution in [0.15, 0.2) is 83.8 Å². The Morgan fingerprint density at radius 1 is 0.892 bits per heavy atom.